The predicted molar refractivity (Wildman–Crippen MR) is 77.8 cm³/mol. The van der Waals surface area contributed by atoms with Gasteiger partial charge in [-0.25, -0.2) is 13.1 Å². The number of hydrogen-bond donors (Lipinski definition) is 2. The van der Waals surface area contributed by atoms with Crippen LogP contribution in [0.2, 0.25) is 0 Å². The highest BCUT2D eigenvalue weighted by Gasteiger charge is 2.23. The minimum atomic E-state index is -3.85. The van der Waals surface area contributed by atoms with Gasteiger partial charge in [0.15, 0.2) is 0 Å². The fourth-order valence-corrected chi connectivity index (χ4v) is 3.26. The highest BCUT2D eigenvalue weighted by atomic mass is 32.2. The molecule has 6 nitrogen and oxygen atoms in total. The van der Waals surface area contributed by atoms with E-state index in [1.807, 2.05) is 6.07 Å². The molecule has 1 aromatic carbocycles. The van der Waals surface area contributed by atoms with Crippen LogP contribution in [0, 0.1) is 18.3 Å². The van der Waals surface area contributed by atoms with Crippen LogP contribution in [-0.4, -0.2) is 8.42 Å². The van der Waals surface area contributed by atoms with Gasteiger partial charge < -0.3 is 10.2 Å². The number of aryl methyl sites for hydroxylation is 1. The van der Waals surface area contributed by atoms with Gasteiger partial charge in [0.05, 0.1) is 16.5 Å². The summed E-state index contributed by atoms with van der Waals surface area (Å²) in [6, 6.07) is 8.83. The van der Waals surface area contributed by atoms with Crippen molar-refractivity contribution in [3.63, 3.8) is 0 Å². The standard InChI is InChI=1S/C14H15N3O3S/c1-9-3-5-13(20-9)10(2)17-21(18,19)14-6-4-12(16)7-11(14)8-15/h3-7,10,17H,16H2,1-2H3. The van der Waals surface area contributed by atoms with Crippen LogP contribution in [-0.2, 0) is 10.0 Å². The van der Waals surface area contributed by atoms with E-state index in [1.54, 1.807) is 26.0 Å². The fourth-order valence-electron chi connectivity index (χ4n) is 1.91. The molecular weight excluding hydrogens is 290 g/mol. The van der Waals surface area contributed by atoms with E-state index in [2.05, 4.69) is 4.72 Å². The Morgan fingerprint density at radius 1 is 1.33 bits per heavy atom. The number of sulfonamides is 1. The molecule has 0 bridgehead atoms. The lowest BCUT2D eigenvalue weighted by molar-refractivity contribution is 0.441. The molecule has 0 aliphatic carbocycles. The van der Waals surface area contributed by atoms with Crippen LogP contribution in [0.4, 0.5) is 5.69 Å². The van der Waals surface area contributed by atoms with E-state index >= 15 is 0 Å². The summed E-state index contributed by atoms with van der Waals surface area (Å²) >= 11 is 0. The number of furan rings is 1. The minimum Gasteiger partial charge on any atom is -0.465 e. The van der Waals surface area contributed by atoms with E-state index in [9.17, 15) is 8.42 Å². The van der Waals surface area contributed by atoms with Crippen LogP contribution in [0.15, 0.2) is 39.6 Å². The Morgan fingerprint density at radius 2 is 2.05 bits per heavy atom. The first-order valence-electron chi connectivity index (χ1n) is 6.22. The smallest absolute Gasteiger partial charge is 0.242 e. The highest BCUT2D eigenvalue weighted by molar-refractivity contribution is 7.89. The van der Waals surface area contributed by atoms with Crippen LogP contribution < -0.4 is 10.5 Å². The molecule has 1 heterocycles. The van der Waals surface area contributed by atoms with E-state index in [0.29, 0.717) is 17.2 Å². The second-order valence-electron chi connectivity index (χ2n) is 4.66. The average Bonchev–Trinajstić information content (AvgIpc) is 2.84. The third-order valence-corrected chi connectivity index (χ3v) is 4.53. The number of rotatable bonds is 4. The van der Waals surface area contributed by atoms with Gasteiger partial charge in [-0.05, 0) is 44.2 Å². The monoisotopic (exact) mass is 305 g/mol. The molecule has 0 saturated heterocycles. The van der Waals surface area contributed by atoms with Crippen molar-refractivity contribution in [3.05, 3.63) is 47.4 Å². The molecule has 21 heavy (non-hydrogen) atoms. The summed E-state index contributed by atoms with van der Waals surface area (Å²) in [7, 11) is -3.85. The van der Waals surface area contributed by atoms with Crippen LogP contribution in [0.1, 0.15) is 30.0 Å². The van der Waals surface area contributed by atoms with Gasteiger partial charge in [0.2, 0.25) is 10.0 Å². The lowest BCUT2D eigenvalue weighted by Gasteiger charge is -2.13. The highest BCUT2D eigenvalue weighted by Crippen LogP contribution is 2.22. The number of nitrogens with one attached hydrogen (secondary N) is 1. The Bertz CT molecular complexity index is 803. The lowest BCUT2D eigenvalue weighted by Crippen LogP contribution is -2.27. The summed E-state index contributed by atoms with van der Waals surface area (Å²) in [6.45, 7) is 3.44. The van der Waals surface area contributed by atoms with Gasteiger partial charge in [-0.3, -0.25) is 0 Å². The Morgan fingerprint density at radius 3 is 2.62 bits per heavy atom. The third kappa shape index (κ3) is 3.24. The van der Waals surface area contributed by atoms with Gasteiger partial charge in [-0.1, -0.05) is 0 Å². The Hall–Kier alpha value is -2.30. The molecule has 3 N–H and O–H groups in total. The van der Waals surface area contributed by atoms with Crippen molar-refractivity contribution >= 4 is 15.7 Å². The molecule has 2 rings (SSSR count). The van der Waals surface area contributed by atoms with Crippen LogP contribution >= 0.6 is 0 Å². The third-order valence-electron chi connectivity index (χ3n) is 2.93. The summed E-state index contributed by atoms with van der Waals surface area (Å²) in [5.41, 5.74) is 5.90. The molecule has 110 valence electrons. The Labute approximate surface area is 123 Å². The number of nitrogens with two attached hydrogens (primary N) is 1. The number of anilines is 1. The summed E-state index contributed by atoms with van der Waals surface area (Å²) < 4.78 is 32.6. The topological polar surface area (TPSA) is 109 Å². The quantitative estimate of drug-likeness (QED) is 0.840. The van der Waals surface area contributed by atoms with Gasteiger partial charge in [-0.15, -0.1) is 0 Å². The first-order valence-corrected chi connectivity index (χ1v) is 7.70. The molecule has 2 aromatic rings. The van der Waals surface area contributed by atoms with E-state index < -0.39 is 16.1 Å². The van der Waals surface area contributed by atoms with E-state index in [-0.39, 0.29) is 10.5 Å². The van der Waals surface area contributed by atoms with Crippen LogP contribution in [0.25, 0.3) is 0 Å². The number of hydrogen-bond acceptors (Lipinski definition) is 5. The van der Waals surface area contributed by atoms with Crippen molar-refractivity contribution in [2.75, 3.05) is 5.73 Å². The van der Waals surface area contributed by atoms with Gasteiger partial charge >= 0.3 is 0 Å². The molecule has 0 aliphatic heterocycles. The maximum Gasteiger partial charge on any atom is 0.242 e. The normalized spacial score (nSPS) is 12.8. The SMILES string of the molecule is Cc1ccc(C(C)NS(=O)(=O)c2ccc(N)cc2C#N)o1. The van der Waals surface area contributed by atoms with Crippen molar-refractivity contribution < 1.29 is 12.8 Å². The van der Waals surface area contributed by atoms with Gasteiger partial charge in [0.1, 0.15) is 17.6 Å². The maximum atomic E-state index is 12.4. The van der Waals surface area contributed by atoms with Crippen molar-refractivity contribution in [2.24, 2.45) is 0 Å². The van der Waals surface area contributed by atoms with Crippen molar-refractivity contribution in [1.29, 1.82) is 5.26 Å². The van der Waals surface area contributed by atoms with E-state index in [4.69, 9.17) is 15.4 Å². The summed E-state index contributed by atoms with van der Waals surface area (Å²) in [5, 5.41) is 9.04. The molecule has 0 fully saturated rings. The van der Waals surface area contributed by atoms with Crippen molar-refractivity contribution in [2.45, 2.75) is 24.8 Å². The Kier molecular flexibility index (Phi) is 4.02. The van der Waals surface area contributed by atoms with Gasteiger partial charge in [0.25, 0.3) is 0 Å². The number of nitrogen functional groups attached to an aromatic ring is 1. The molecule has 7 heteroatoms. The number of nitriles is 1. The number of nitrogens with zero attached hydrogens (tertiary/aromatic N) is 1. The van der Waals surface area contributed by atoms with E-state index in [0.717, 1.165) is 0 Å². The van der Waals surface area contributed by atoms with Crippen LogP contribution in [0.3, 0.4) is 0 Å². The van der Waals surface area contributed by atoms with Crippen molar-refractivity contribution in [3.8, 4) is 6.07 Å². The predicted octanol–water partition coefficient (Wildman–Crippen LogP) is 2.08. The molecule has 1 aromatic heterocycles. The largest absolute Gasteiger partial charge is 0.465 e. The van der Waals surface area contributed by atoms with E-state index in [1.165, 1.54) is 18.2 Å². The summed E-state index contributed by atoms with van der Waals surface area (Å²) in [4.78, 5) is -0.102. The first-order chi connectivity index (χ1) is 9.83. The van der Waals surface area contributed by atoms with Gasteiger partial charge in [-0.2, -0.15) is 5.26 Å². The molecular formula is C14H15N3O3S. The molecule has 1 unspecified atom stereocenters. The molecule has 0 aliphatic rings. The fraction of sp³-hybridized carbons (Fsp3) is 0.214. The minimum absolute atomic E-state index is 0.00493. The molecule has 0 saturated carbocycles. The average molecular weight is 305 g/mol. The zero-order valence-electron chi connectivity index (χ0n) is 11.6. The molecule has 1 atom stereocenters. The summed E-state index contributed by atoms with van der Waals surface area (Å²) in [5.74, 6) is 1.20. The molecule has 0 radical (unpaired) electrons. The molecule has 0 spiro atoms. The number of benzene rings is 1. The molecule has 0 amide bonds. The van der Waals surface area contributed by atoms with Gasteiger partial charge in [0, 0.05) is 5.69 Å². The zero-order chi connectivity index (χ0) is 15.6. The lowest BCUT2D eigenvalue weighted by atomic mass is 10.2. The second kappa shape index (κ2) is 5.60. The Balaban J connectivity index is 2.33. The van der Waals surface area contributed by atoms with Crippen molar-refractivity contribution in [1.82, 2.24) is 4.72 Å². The first kappa shape index (κ1) is 15.1. The summed E-state index contributed by atoms with van der Waals surface area (Å²) in [6.07, 6.45) is 0. The van der Waals surface area contributed by atoms with Crippen LogP contribution in [0.5, 0.6) is 0 Å². The zero-order valence-corrected chi connectivity index (χ0v) is 12.4. The maximum absolute atomic E-state index is 12.4. The second-order valence-corrected chi connectivity index (χ2v) is 6.34.